The Kier molecular flexibility index (Phi) is 2.72. The maximum absolute atomic E-state index is 9.84. The molecule has 2 aliphatic rings. The first kappa shape index (κ1) is 12.2. The number of oxazole rings is 1. The normalized spacial score (nSPS) is 30.1. The molecule has 5 nitrogen and oxygen atoms in total. The molecule has 2 aromatic rings. The summed E-state index contributed by atoms with van der Waals surface area (Å²) in [6.45, 7) is 0.733. The molecule has 0 amide bonds. The van der Waals surface area contributed by atoms with Gasteiger partial charge in [0.2, 0.25) is 5.89 Å². The fourth-order valence-electron chi connectivity index (χ4n) is 3.72. The fraction of sp³-hybridized carbons (Fsp3) is 0.533. The maximum Gasteiger partial charge on any atom is 0.209 e. The average molecular weight is 273 g/mol. The third kappa shape index (κ3) is 1.98. The van der Waals surface area contributed by atoms with Crippen LogP contribution in [0.3, 0.4) is 0 Å². The van der Waals surface area contributed by atoms with Gasteiger partial charge in [-0.2, -0.15) is 0 Å². The van der Waals surface area contributed by atoms with Gasteiger partial charge >= 0.3 is 0 Å². The second-order valence-electron chi connectivity index (χ2n) is 6.02. The lowest BCUT2D eigenvalue weighted by molar-refractivity contribution is 0.0269. The maximum atomic E-state index is 9.84. The summed E-state index contributed by atoms with van der Waals surface area (Å²) in [5.41, 5.74) is 8.09. The van der Waals surface area contributed by atoms with E-state index in [1.807, 2.05) is 18.2 Å². The summed E-state index contributed by atoms with van der Waals surface area (Å²) in [6.07, 6.45) is 3.98. The van der Waals surface area contributed by atoms with E-state index in [2.05, 4.69) is 9.88 Å². The van der Waals surface area contributed by atoms with Crippen LogP contribution in [-0.4, -0.2) is 33.2 Å². The highest BCUT2D eigenvalue weighted by Gasteiger charge is 2.40. The molecule has 2 atom stereocenters. The quantitative estimate of drug-likeness (QED) is 0.817. The molecule has 2 fully saturated rings. The predicted octanol–water partition coefficient (Wildman–Crippen LogP) is 1.90. The Hall–Kier alpha value is -1.59. The number of aromatic nitrogens is 1. The molecule has 3 heterocycles. The molecular weight excluding hydrogens is 254 g/mol. The molecule has 4 rings (SSSR count). The van der Waals surface area contributed by atoms with Crippen LogP contribution in [0.15, 0.2) is 22.6 Å². The number of piperidine rings is 1. The van der Waals surface area contributed by atoms with Crippen molar-refractivity contribution in [2.75, 3.05) is 5.73 Å². The standard InChI is InChI=1S/C15H19N3O2/c16-9-1-4-14-13(5-9)17-15(20-14)8-18-10-2-3-11(18)7-12(19)6-10/h1,4-5,10-12,19H,2-3,6-8,16H2. The average Bonchev–Trinajstić information content (AvgIpc) is 2.89. The molecule has 0 saturated carbocycles. The lowest BCUT2D eigenvalue weighted by Crippen LogP contribution is -2.44. The van der Waals surface area contributed by atoms with E-state index in [4.69, 9.17) is 10.2 Å². The van der Waals surface area contributed by atoms with Crippen molar-refractivity contribution in [1.29, 1.82) is 0 Å². The van der Waals surface area contributed by atoms with Crippen LogP contribution in [0.25, 0.3) is 11.1 Å². The number of nitrogens with two attached hydrogens (primary N) is 1. The van der Waals surface area contributed by atoms with Gasteiger partial charge < -0.3 is 15.3 Å². The number of aliphatic hydroxyl groups is 1. The molecule has 2 saturated heterocycles. The molecule has 0 aliphatic carbocycles. The van der Waals surface area contributed by atoms with Crippen LogP contribution in [0.4, 0.5) is 5.69 Å². The number of fused-ring (bicyclic) bond motifs is 3. The first-order valence-corrected chi connectivity index (χ1v) is 7.28. The van der Waals surface area contributed by atoms with Crippen molar-refractivity contribution in [3.8, 4) is 0 Å². The van der Waals surface area contributed by atoms with Crippen LogP contribution < -0.4 is 5.73 Å². The lowest BCUT2D eigenvalue weighted by atomic mass is 10.00. The van der Waals surface area contributed by atoms with Crippen molar-refractivity contribution >= 4 is 16.8 Å². The van der Waals surface area contributed by atoms with Crippen LogP contribution >= 0.6 is 0 Å². The topological polar surface area (TPSA) is 75.5 Å². The summed E-state index contributed by atoms with van der Waals surface area (Å²) in [4.78, 5) is 6.98. The zero-order chi connectivity index (χ0) is 13.7. The third-order valence-electron chi connectivity index (χ3n) is 4.63. The van der Waals surface area contributed by atoms with E-state index in [1.165, 1.54) is 12.8 Å². The monoisotopic (exact) mass is 273 g/mol. The highest BCUT2D eigenvalue weighted by atomic mass is 16.3. The summed E-state index contributed by atoms with van der Waals surface area (Å²) in [7, 11) is 0. The molecule has 3 N–H and O–H groups in total. The number of nitrogen functional groups attached to an aromatic ring is 1. The van der Waals surface area contributed by atoms with Crippen LogP contribution in [0.5, 0.6) is 0 Å². The van der Waals surface area contributed by atoms with Crippen LogP contribution in [0.1, 0.15) is 31.6 Å². The van der Waals surface area contributed by atoms with Gasteiger partial charge in [-0.3, -0.25) is 4.90 Å². The van der Waals surface area contributed by atoms with Gasteiger partial charge in [-0.25, -0.2) is 4.98 Å². The molecule has 2 aliphatic heterocycles. The van der Waals surface area contributed by atoms with E-state index in [0.717, 1.165) is 36.4 Å². The summed E-state index contributed by atoms with van der Waals surface area (Å²) >= 11 is 0. The van der Waals surface area contributed by atoms with Gasteiger partial charge in [0.25, 0.3) is 0 Å². The van der Waals surface area contributed by atoms with E-state index in [0.29, 0.717) is 17.8 Å². The SMILES string of the molecule is Nc1ccc2oc(CN3C4CCC3CC(O)C4)nc2c1. The molecular formula is C15H19N3O2. The predicted molar refractivity (Wildman–Crippen MR) is 76.0 cm³/mol. The lowest BCUT2D eigenvalue weighted by Gasteiger charge is -2.36. The first-order valence-electron chi connectivity index (χ1n) is 7.28. The minimum absolute atomic E-state index is 0.132. The zero-order valence-electron chi connectivity index (χ0n) is 11.3. The van der Waals surface area contributed by atoms with Crippen molar-refractivity contribution in [2.24, 2.45) is 0 Å². The molecule has 2 unspecified atom stereocenters. The van der Waals surface area contributed by atoms with E-state index in [-0.39, 0.29) is 6.10 Å². The summed E-state index contributed by atoms with van der Waals surface area (Å²) in [5, 5.41) is 9.84. The van der Waals surface area contributed by atoms with Gasteiger partial charge in [0.1, 0.15) is 5.52 Å². The third-order valence-corrected chi connectivity index (χ3v) is 4.63. The van der Waals surface area contributed by atoms with Crippen molar-refractivity contribution < 1.29 is 9.52 Å². The molecule has 20 heavy (non-hydrogen) atoms. The molecule has 0 radical (unpaired) electrons. The van der Waals surface area contributed by atoms with E-state index < -0.39 is 0 Å². The van der Waals surface area contributed by atoms with E-state index in [9.17, 15) is 5.11 Å². The van der Waals surface area contributed by atoms with Gasteiger partial charge in [0.05, 0.1) is 12.6 Å². The second kappa shape index (κ2) is 4.46. The van der Waals surface area contributed by atoms with E-state index >= 15 is 0 Å². The van der Waals surface area contributed by atoms with Crippen molar-refractivity contribution in [1.82, 2.24) is 9.88 Å². The van der Waals surface area contributed by atoms with Gasteiger partial charge in [-0.1, -0.05) is 0 Å². The molecule has 0 spiro atoms. The van der Waals surface area contributed by atoms with Crippen LogP contribution in [0, 0.1) is 0 Å². The Balaban J connectivity index is 1.58. The van der Waals surface area contributed by atoms with Gasteiger partial charge in [-0.05, 0) is 43.9 Å². The number of hydrogen-bond donors (Lipinski definition) is 2. The van der Waals surface area contributed by atoms with Gasteiger partial charge in [-0.15, -0.1) is 0 Å². The number of benzene rings is 1. The Bertz CT molecular complexity index is 625. The second-order valence-corrected chi connectivity index (χ2v) is 6.02. The molecule has 5 heteroatoms. The smallest absolute Gasteiger partial charge is 0.209 e. The number of aliphatic hydroxyl groups excluding tert-OH is 1. The van der Waals surface area contributed by atoms with Crippen LogP contribution in [-0.2, 0) is 6.54 Å². The van der Waals surface area contributed by atoms with Crippen LogP contribution in [0.2, 0.25) is 0 Å². The first-order chi connectivity index (χ1) is 9.69. The Morgan fingerprint density at radius 3 is 2.80 bits per heavy atom. The zero-order valence-corrected chi connectivity index (χ0v) is 11.3. The molecule has 1 aromatic heterocycles. The highest BCUT2D eigenvalue weighted by molar-refractivity contribution is 5.76. The molecule has 2 bridgehead atoms. The Labute approximate surface area is 117 Å². The van der Waals surface area contributed by atoms with Gasteiger partial charge in [0, 0.05) is 17.8 Å². The van der Waals surface area contributed by atoms with Crippen molar-refractivity contribution in [3.63, 3.8) is 0 Å². The molecule has 1 aromatic carbocycles. The minimum Gasteiger partial charge on any atom is -0.439 e. The fourth-order valence-corrected chi connectivity index (χ4v) is 3.72. The largest absolute Gasteiger partial charge is 0.439 e. The number of nitrogens with zero attached hydrogens (tertiary/aromatic N) is 2. The minimum atomic E-state index is -0.132. The number of hydrogen-bond acceptors (Lipinski definition) is 5. The number of rotatable bonds is 2. The number of anilines is 1. The Morgan fingerprint density at radius 1 is 1.30 bits per heavy atom. The molecule has 106 valence electrons. The summed E-state index contributed by atoms with van der Waals surface area (Å²) in [6, 6.07) is 6.50. The van der Waals surface area contributed by atoms with Crippen molar-refractivity contribution in [2.45, 2.75) is 50.4 Å². The Morgan fingerprint density at radius 2 is 2.05 bits per heavy atom. The summed E-state index contributed by atoms with van der Waals surface area (Å²) < 4.78 is 5.81. The summed E-state index contributed by atoms with van der Waals surface area (Å²) in [5.74, 6) is 0.749. The highest BCUT2D eigenvalue weighted by Crippen LogP contribution is 2.36. The van der Waals surface area contributed by atoms with Gasteiger partial charge in [0.15, 0.2) is 5.58 Å². The van der Waals surface area contributed by atoms with E-state index in [1.54, 1.807) is 0 Å². The van der Waals surface area contributed by atoms with Crippen molar-refractivity contribution in [3.05, 3.63) is 24.1 Å².